The highest BCUT2D eigenvalue weighted by Gasteiger charge is 2.13. The lowest BCUT2D eigenvalue weighted by Gasteiger charge is -2.09. The van der Waals surface area contributed by atoms with E-state index in [0.717, 1.165) is 48.5 Å². The molecule has 0 bridgehead atoms. The summed E-state index contributed by atoms with van der Waals surface area (Å²) >= 11 is 0. The summed E-state index contributed by atoms with van der Waals surface area (Å²) in [6.45, 7) is 7.19. The monoisotopic (exact) mass is 392 g/mol. The molecule has 0 fully saturated rings. The summed E-state index contributed by atoms with van der Waals surface area (Å²) in [5, 5.41) is 14.1. The number of unbranched alkanes of at least 4 members (excludes halogenated alkanes) is 1. The smallest absolute Gasteiger partial charge is 0.336 e. The molecule has 1 aromatic carbocycles. The van der Waals surface area contributed by atoms with Gasteiger partial charge in [-0.2, -0.15) is 5.10 Å². The molecule has 0 aliphatic carbocycles. The molecule has 0 unspecified atom stereocenters. The fraction of sp³-hybridized carbons (Fsp3) is 0.391. The zero-order valence-corrected chi connectivity index (χ0v) is 17.3. The van der Waals surface area contributed by atoms with Gasteiger partial charge in [-0.15, -0.1) is 0 Å². The Balaban J connectivity index is 1.83. The van der Waals surface area contributed by atoms with Crippen LogP contribution in [0.5, 0.6) is 0 Å². The highest BCUT2D eigenvalue weighted by atomic mass is 16.4. The second kappa shape index (κ2) is 9.45. The number of carbonyl (C=O) groups is 1. The van der Waals surface area contributed by atoms with Crippen molar-refractivity contribution in [2.45, 2.75) is 53.0 Å². The molecule has 6 nitrogen and oxygen atoms in total. The summed E-state index contributed by atoms with van der Waals surface area (Å²) in [6.07, 6.45) is 7.12. The standard InChI is InChI=1S/C23H28N4O2/c1-4-5-6-22-25-21(13-16(2)3)26-27(22)15-17-7-9-18(10-8-17)20-14-24-12-11-19(20)23(28)29/h7-12,14,16H,4-6,13,15H2,1-3H3,(H,28,29). The van der Waals surface area contributed by atoms with Crippen LogP contribution in [-0.4, -0.2) is 30.8 Å². The first kappa shape index (κ1) is 20.7. The molecule has 0 atom stereocenters. The van der Waals surface area contributed by atoms with Crippen molar-refractivity contribution in [1.29, 1.82) is 0 Å². The molecule has 0 aliphatic heterocycles. The minimum absolute atomic E-state index is 0.254. The first-order chi connectivity index (χ1) is 14.0. The molecule has 0 spiro atoms. The van der Waals surface area contributed by atoms with Crippen LogP contribution >= 0.6 is 0 Å². The van der Waals surface area contributed by atoms with E-state index in [2.05, 4.69) is 25.8 Å². The molecule has 3 aromatic rings. The Morgan fingerprint density at radius 3 is 2.59 bits per heavy atom. The molecule has 0 radical (unpaired) electrons. The van der Waals surface area contributed by atoms with Crippen LogP contribution in [0.4, 0.5) is 0 Å². The summed E-state index contributed by atoms with van der Waals surface area (Å²) in [5.74, 6) is 1.51. The average molecular weight is 393 g/mol. The number of pyridine rings is 1. The van der Waals surface area contributed by atoms with Gasteiger partial charge in [-0.3, -0.25) is 4.98 Å². The van der Waals surface area contributed by atoms with Crippen molar-refractivity contribution in [3.63, 3.8) is 0 Å². The Hall–Kier alpha value is -3.02. The van der Waals surface area contributed by atoms with Crippen LogP contribution in [0.2, 0.25) is 0 Å². The maximum atomic E-state index is 11.5. The molecule has 29 heavy (non-hydrogen) atoms. The zero-order valence-electron chi connectivity index (χ0n) is 17.3. The van der Waals surface area contributed by atoms with Gasteiger partial charge in [0.25, 0.3) is 0 Å². The normalized spacial score (nSPS) is 11.2. The van der Waals surface area contributed by atoms with E-state index in [0.29, 0.717) is 18.0 Å². The summed E-state index contributed by atoms with van der Waals surface area (Å²) in [7, 11) is 0. The summed E-state index contributed by atoms with van der Waals surface area (Å²) in [6, 6.07) is 9.44. The molecule has 3 rings (SSSR count). The van der Waals surface area contributed by atoms with E-state index in [4.69, 9.17) is 10.1 Å². The number of aromatic nitrogens is 4. The lowest BCUT2D eigenvalue weighted by molar-refractivity contribution is 0.0697. The van der Waals surface area contributed by atoms with Gasteiger partial charge in [0.15, 0.2) is 5.82 Å². The van der Waals surface area contributed by atoms with Crippen molar-refractivity contribution in [3.8, 4) is 11.1 Å². The number of rotatable bonds is 9. The van der Waals surface area contributed by atoms with Gasteiger partial charge in [0.2, 0.25) is 0 Å². The van der Waals surface area contributed by atoms with Crippen molar-refractivity contribution in [3.05, 3.63) is 65.5 Å². The minimum atomic E-state index is -0.952. The average Bonchev–Trinajstić information content (AvgIpc) is 3.07. The van der Waals surface area contributed by atoms with Gasteiger partial charge in [-0.1, -0.05) is 51.5 Å². The number of aromatic carboxylic acids is 1. The zero-order chi connectivity index (χ0) is 20.8. The van der Waals surface area contributed by atoms with Crippen molar-refractivity contribution in [2.24, 2.45) is 5.92 Å². The Morgan fingerprint density at radius 1 is 1.17 bits per heavy atom. The summed E-state index contributed by atoms with van der Waals surface area (Å²) in [5.41, 5.74) is 2.82. The molecular weight excluding hydrogens is 364 g/mol. The van der Waals surface area contributed by atoms with Gasteiger partial charge >= 0.3 is 5.97 Å². The second-order valence-corrected chi connectivity index (χ2v) is 7.73. The summed E-state index contributed by atoms with van der Waals surface area (Å²) < 4.78 is 2.01. The van der Waals surface area contributed by atoms with E-state index in [1.807, 2.05) is 28.9 Å². The van der Waals surface area contributed by atoms with Gasteiger partial charge in [0, 0.05) is 30.8 Å². The quantitative estimate of drug-likeness (QED) is 0.574. The van der Waals surface area contributed by atoms with Gasteiger partial charge in [0.1, 0.15) is 5.82 Å². The molecular formula is C23H28N4O2. The van der Waals surface area contributed by atoms with E-state index in [-0.39, 0.29) is 5.56 Å². The first-order valence-electron chi connectivity index (χ1n) is 10.2. The van der Waals surface area contributed by atoms with Crippen LogP contribution in [0, 0.1) is 5.92 Å². The third kappa shape index (κ3) is 5.28. The van der Waals surface area contributed by atoms with E-state index in [1.165, 1.54) is 12.3 Å². The Kier molecular flexibility index (Phi) is 6.75. The van der Waals surface area contributed by atoms with Crippen LogP contribution in [0.1, 0.15) is 61.2 Å². The molecule has 0 saturated carbocycles. The molecule has 0 aliphatic rings. The second-order valence-electron chi connectivity index (χ2n) is 7.73. The van der Waals surface area contributed by atoms with Gasteiger partial charge in [-0.25, -0.2) is 14.5 Å². The largest absolute Gasteiger partial charge is 0.478 e. The number of aryl methyl sites for hydroxylation is 1. The highest BCUT2D eigenvalue weighted by molar-refractivity contribution is 5.95. The molecule has 2 aromatic heterocycles. The Morgan fingerprint density at radius 2 is 1.93 bits per heavy atom. The van der Waals surface area contributed by atoms with E-state index in [9.17, 15) is 9.90 Å². The first-order valence-corrected chi connectivity index (χ1v) is 10.2. The molecule has 152 valence electrons. The number of hydrogen-bond donors (Lipinski definition) is 1. The number of nitrogens with zero attached hydrogens (tertiary/aromatic N) is 4. The molecule has 2 heterocycles. The SMILES string of the molecule is CCCCc1nc(CC(C)C)nn1Cc1ccc(-c2cnccc2C(=O)O)cc1. The Bertz CT molecular complexity index is 961. The summed E-state index contributed by atoms with van der Waals surface area (Å²) in [4.78, 5) is 20.3. The lowest BCUT2D eigenvalue weighted by Crippen LogP contribution is -2.07. The molecule has 1 N–H and O–H groups in total. The Labute approximate surface area is 171 Å². The lowest BCUT2D eigenvalue weighted by atomic mass is 10.0. The molecule has 6 heteroatoms. The molecule has 0 amide bonds. The predicted molar refractivity (Wildman–Crippen MR) is 113 cm³/mol. The fourth-order valence-corrected chi connectivity index (χ4v) is 3.30. The maximum absolute atomic E-state index is 11.5. The van der Waals surface area contributed by atoms with Gasteiger partial charge in [0.05, 0.1) is 12.1 Å². The van der Waals surface area contributed by atoms with Crippen LogP contribution < -0.4 is 0 Å². The fourth-order valence-electron chi connectivity index (χ4n) is 3.30. The van der Waals surface area contributed by atoms with Crippen LogP contribution in [0.15, 0.2) is 42.7 Å². The van der Waals surface area contributed by atoms with Crippen molar-refractivity contribution in [1.82, 2.24) is 19.7 Å². The van der Waals surface area contributed by atoms with Gasteiger partial charge in [-0.05, 0) is 29.5 Å². The van der Waals surface area contributed by atoms with E-state index >= 15 is 0 Å². The number of carboxylic acids is 1. The number of carboxylic acid groups (broad SMARTS) is 1. The van der Waals surface area contributed by atoms with Gasteiger partial charge < -0.3 is 5.11 Å². The minimum Gasteiger partial charge on any atom is -0.478 e. The predicted octanol–water partition coefficient (Wildman–Crippen LogP) is 4.63. The third-order valence-electron chi connectivity index (χ3n) is 4.79. The topological polar surface area (TPSA) is 80.9 Å². The number of hydrogen-bond acceptors (Lipinski definition) is 4. The van der Waals surface area contributed by atoms with Crippen LogP contribution in [0.25, 0.3) is 11.1 Å². The van der Waals surface area contributed by atoms with Crippen molar-refractivity contribution < 1.29 is 9.90 Å². The van der Waals surface area contributed by atoms with Crippen LogP contribution in [0.3, 0.4) is 0 Å². The molecule has 0 saturated heterocycles. The van der Waals surface area contributed by atoms with E-state index in [1.54, 1.807) is 6.20 Å². The van der Waals surface area contributed by atoms with Crippen molar-refractivity contribution >= 4 is 5.97 Å². The maximum Gasteiger partial charge on any atom is 0.336 e. The number of benzene rings is 1. The van der Waals surface area contributed by atoms with Crippen LogP contribution in [-0.2, 0) is 19.4 Å². The van der Waals surface area contributed by atoms with E-state index < -0.39 is 5.97 Å². The van der Waals surface area contributed by atoms with Crippen molar-refractivity contribution in [2.75, 3.05) is 0 Å². The highest BCUT2D eigenvalue weighted by Crippen LogP contribution is 2.23. The third-order valence-corrected chi connectivity index (χ3v) is 4.79.